The highest BCUT2D eigenvalue weighted by atomic mass is 19.1. The lowest BCUT2D eigenvalue weighted by atomic mass is 10.1. The summed E-state index contributed by atoms with van der Waals surface area (Å²) in [5, 5.41) is 0. The zero-order chi connectivity index (χ0) is 10.7. The fraction of sp³-hybridized carbons (Fsp3) is 0. The van der Waals surface area contributed by atoms with E-state index in [4.69, 9.17) is 11.5 Å². The Morgan fingerprint density at radius 3 is 2.21 bits per heavy atom. The van der Waals surface area contributed by atoms with Crippen LogP contribution in [0, 0.1) is 11.6 Å². The minimum atomic E-state index is -0.867. The maximum absolute atomic E-state index is 12.8. The Labute approximate surface area is 79.0 Å². The first-order chi connectivity index (χ1) is 6.50. The Hall–Kier alpha value is -1.91. The van der Waals surface area contributed by atoms with E-state index in [0.29, 0.717) is 0 Å². The highest BCUT2D eigenvalue weighted by Gasteiger charge is 2.05. The number of hydrogen-bond donors (Lipinski definition) is 2. The standard InChI is InChI=1S/C9H8F2N2O/c10-6-3-5(1-2-8(12)14)4-7(11)9(6)13/h1-4H,13H2,(H2,12,14). The quantitative estimate of drug-likeness (QED) is 0.550. The number of carbonyl (C=O) groups excluding carboxylic acids is 1. The van der Waals surface area contributed by atoms with Crippen molar-refractivity contribution in [2.45, 2.75) is 0 Å². The van der Waals surface area contributed by atoms with Crippen molar-refractivity contribution in [3.8, 4) is 0 Å². The first-order valence-corrected chi connectivity index (χ1v) is 3.72. The Balaban J connectivity index is 3.07. The van der Waals surface area contributed by atoms with Gasteiger partial charge < -0.3 is 11.5 Å². The second-order valence-corrected chi connectivity index (χ2v) is 2.63. The molecule has 4 N–H and O–H groups in total. The number of halogens is 2. The number of carbonyl (C=O) groups is 1. The van der Waals surface area contributed by atoms with Crippen LogP contribution in [0.3, 0.4) is 0 Å². The summed E-state index contributed by atoms with van der Waals surface area (Å²) in [5.41, 5.74) is 9.50. The SMILES string of the molecule is NC(=O)C=Cc1cc(F)c(N)c(F)c1. The summed E-state index contributed by atoms with van der Waals surface area (Å²) in [6.07, 6.45) is 2.21. The van der Waals surface area contributed by atoms with E-state index in [1.165, 1.54) is 6.08 Å². The van der Waals surface area contributed by atoms with Gasteiger partial charge in [0.1, 0.15) is 17.3 Å². The molecule has 0 heterocycles. The normalized spacial score (nSPS) is 10.7. The van der Waals surface area contributed by atoms with E-state index < -0.39 is 23.2 Å². The Kier molecular flexibility index (Phi) is 2.81. The third-order valence-corrected chi connectivity index (χ3v) is 1.54. The lowest BCUT2D eigenvalue weighted by Crippen LogP contribution is -2.05. The maximum Gasteiger partial charge on any atom is 0.241 e. The average molecular weight is 198 g/mol. The molecule has 3 nitrogen and oxygen atoms in total. The predicted octanol–water partition coefficient (Wildman–Crippen LogP) is 1.05. The minimum absolute atomic E-state index is 0.188. The van der Waals surface area contributed by atoms with Gasteiger partial charge >= 0.3 is 0 Å². The molecule has 5 heteroatoms. The molecular formula is C9H8F2N2O. The van der Waals surface area contributed by atoms with Crippen molar-refractivity contribution in [1.29, 1.82) is 0 Å². The molecule has 0 saturated carbocycles. The monoisotopic (exact) mass is 198 g/mol. The number of primary amides is 1. The van der Waals surface area contributed by atoms with Crippen molar-refractivity contribution in [2.75, 3.05) is 5.73 Å². The van der Waals surface area contributed by atoms with Crippen molar-refractivity contribution in [1.82, 2.24) is 0 Å². The summed E-state index contributed by atoms with van der Waals surface area (Å²) in [6.45, 7) is 0. The van der Waals surface area contributed by atoms with Crippen molar-refractivity contribution >= 4 is 17.7 Å². The van der Waals surface area contributed by atoms with Gasteiger partial charge in [0.25, 0.3) is 0 Å². The molecule has 0 aliphatic heterocycles. The first-order valence-electron chi connectivity index (χ1n) is 3.72. The molecule has 0 unspecified atom stereocenters. The second kappa shape index (κ2) is 3.87. The van der Waals surface area contributed by atoms with Crippen LogP contribution in [0.2, 0.25) is 0 Å². The summed E-state index contributed by atoms with van der Waals surface area (Å²) in [4.78, 5) is 10.3. The van der Waals surface area contributed by atoms with Crippen LogP contribution in [-0.2, 0) is 4.79 Å². The Morgan fingerprint density at radius 2 is 1.79 bits per heavy atom. The Bertz CT molecular complexity index is 379. The molecule has 1 aromatic rings. The molecule has 0 radical (unpaired) electrons. The molecule has 74 valence electrons. The van der Waals surface area contributed by atoms with Gasteiger partial charge in [-0.25, -0.2) is 8.78 Å². The minimum Gasteiger partial charge on any atom is -0.394 e. The number of anilines is 1. The summed E-state index contributed by atoms with van der Waals surface area (Å²) >= 11 is 0. The van der Waals surface area contributed by atoms with E-state index in [1.807, 2.05) is 0 Å². The van der Waals surface area contributed by atoms with Crippen LogP contribution in [0.25, 0.3) is 6.08 Å². The van der Waals surface area contributed by atoms with E-state index >= 15 is 0 Å². The highest BCUT2D eigenvalue weighted by Crippen LogP contribution is 2.17. The molecule has 1 aromatic carbocycles. The zero-order valence-electron chi connectivity index (χ0n) is 7.13. The van der Waals surface area contributed by atoms with Gasteiger partial charge in [-0.3, -0.25) is 4.79 Å². The van der Waals surface area contributed by atoms with E-state index in [9.17, 15) is 13.6 Å². The molecule has 0 aliphatic carbocycles. The van der Waals surface area contributed by atoms with Crippen LogP contribution < -0.4 is 11.5 Å². The molecule has 1 amide bonds. The average Bonchev–Trinajstić information content (AvgIpc) is 2.10. The Morgan fingerprint density at radius 1 is 1.29 bits per heavy atom. The van der Waals surface area contributed by atoms with E-state index in [2.05, 4.69) is 0 Å². The molecule has 0 aliphatic rings. The van der Waals surface area contributed by atoms with Crippen LogP contribution in [0.15, 0.2) is 18.2 Å². The molecule has 14 heavy (non-hydrogen) atoms. The number of rotatable bonds is 2. The first kappa shape index (κ1) is 10.2. The summed E-state index contributed by atoms with van der Waals surface area (Å²) in [6, 6.07) is 2.02. The second-order valence-electron chi connectivity index (χ2n) is 2.63. The maximum atomic E-state index is 12.8. The predicted molar refractivity (Wildman–Crippen MR) is 49.0 cm³/mol. The number of amides is 1. The smallest absolute Gasteiger partial charge is 0.241 e. The molecule has 0 aromatic heterocycles. The van der Waals surface area contributed by atoms with Gasteiger partial charge in [0.15, 0.2) is 0 Å². The van der Waals surface area contributed by atoms with Crippen molar-refractivity contribution < 1.29 is 13.6 Å². The van der Waals surface area contributed by atoms with Crippen LogP contribution in [0.5, 0.6) is 0 Å². The molecule has 0 atom stereocenters. The molecule has 0 fully saturated rings. The fourth-order valence-corrected chi connectivity index (χ4v) is 0.878. The van der Waals surface area contributed by atoms with Gasteiger partial charge in [0.2, 0.25) is 5.91 Å². The molecule has 0 saturated heterocycles. The van der Waals surface area contributed by atoms with Gasteiger partial charge in [0, 0.05) is 6.08 Å². The molecule has 0 bridgehead atoms. The van der Waals surface area contributed by atoms with E-state index in [1.54, 1.807) is 0 Å². The van der Waals surface area contributed by atoms with Crippen LogP contribution in [0.1, 0.15) is 5.56 Å². The third-order valence-electron chi connectivity index (χ3n) is 1.54. The molecule has 0 spiro atoms. The largest absolute Gasteiger partial charge is 0.394 e. The van der Waals surface area contributed by atoms with Gasteiger partial charge in [-0.2, -0.15) is 0 Å². The van der Waals surface area contributed by atoms with Crippen LogP contribution in [-0.4, -0.2) is 5.91 Å². The van der Waals surface area contributed by atoms with Crippen molar-refractivity contribution in [2.24, 2.45) is 5.73 Å². The topological polar surface area (TPSA) is 69.1 Å². The third kappa shape index (κ3) is 2.29. The van der Waals surface area contributed by atoms with Gasteiger partial charge in [-0.15, -0.1) is 0 Å². The summed E-state index contributed by atoms with van der Waals surface area (Å²) in [5.74, 6) is -2.43. The summed E-state index contributed by atoms with van der Waals surface area (Å²) in [7, 11) is 0. The zero-order valence-corrected chi connectivity index (χ0v) is 7.13. The number of nitrogens with two attached hydrogens (primary N) is 2. The lowest BCUT2D eigenvalue weighted by Gasteiger charge is -1.99. The van der Waals surface area contributed by atoms with E-state index in [0.717, 1.165) is 18.2 Å². The van der Waals surface area contributed by atoms with Gasteiger partial charge in [0.05, 0.1) is 0 Å². The summed E-state index contributed by atoms with van der Waals surface area (Å²) < 4.78 is 25.7. The van der Waals surface area contributed by atoms with Crippen molar-refractivity contribution in [3.05, 3.63) is 35.4 Å². The number of hydrogen-bond acceptors (Lipinski definition) is 2. The van der Waals surface area contributed by atoms with Crippen LogP contribution in [0.4, 0.5) is 14.5 Å². The fourth-order valence-electron chi connectivity index (χ4n) is 0.878. The van der Waals surface area contributed by atoms with Gasteiger partial charge in [-0.05, 0) is 23.8 Å². The van der Waals surface area contributed by atoms with E-state index in [-0.39, 0.29) is 5.56 Å². The number of nitrogen functional groups attached to an aromatic ring is 1. The van der Waals surface area contributed by atoms with Crippen LogP contribution >= 0.6 is 0 Å². The van der Waals surface area contributed by atoms with Gasteiger partial charge in [-0.1, -0.05) is 0 Å². The highest BCUT2D eigenvalue weighted by molar-refractivity contribution is 5.90. The number of benzene rings is 1. The molecular weight excluding hydrogens is 190 g/mol. The van der Waals surface area contributed by atoms with Crippen molar-refractivity contribution in [3.63, 3.8) is 0 Å². The lowest BCUT2D eigenvalue weighted by molar-refractivity contribution is -0.113. The molecule has 1 rings (SSSR count).